The van der Waals surface area contributed by atoms with Gasteiger partial charge in [-0.05, 0) is 62.5 Å². The van der Waals surface area contributed by atoms with Gasteiger partial charge in [0.2, 0.25) is 5.91 Å². The number of carbonyl (C=O) groups is 2. The molecule has 0 saturated carbocycles. The summed E-state index contributed by atoms with van der Waals surface area (Å²) in [5, 5.41) is 15.5. The van der Waals surface area contributed by atoms with E-state index < -0.39 is 0 Å². The van der Waals surface area contributed by atoms with Crippen molar-refractivity contribution in [3.05, 3.63) is 31.8 Å². The summed E-state index contributed by atoms with van der Waals surface area (Å²) in [6.45, 7) is 2.94. The van der Waals surface area contributed by atoms with Crippen LogP contribution in [-0.4, -0.2) is 39.5 Å². The molecule has 0 radical (unpaired) electrons. The largest absolute Gasteiger partial charge is 0.465 e. The van der Waals surface area contributed by atoms with Crippen LogP contribution in [0.2, 0.25) is 0 Å². The third-order valence-corrected chi connectivity index (χ3v) is 9.63. The van der Waals surface area contributed by atoms with Crippen molar-refractivity contribution in [1.82, 2.24) is 14.8 Å². The van der Waals surface area contributed by atoms with Crippen molar-refractivity contribution >= 4 is 51.3 Å². The molecule has 0 aromatic carbocycles. The summed E-state index contributed by atoms with van der Waals surface area (Å²) in [5.41, 5.74) is 4.19. The molecule has 7 nitrogen and oxygen atoms in total. The van der Waals surface area contributed by atoms with Crippen molar-refractivity contribution in [2.75, 3.05) is 18.2 Å². The summed E-state index contributed by atoms with van der Waals surface area (Å²) in [6.07, 6.45) is 8.54. The zero-order valence-electron chi connectivity index (χ0n) is 19.4. The van der Waals surface area contributed by atoms with Gasteiger partial charge in [-0.3, -0.25) is 4.79 Å². The quantitative estimate of drug-likeness (QED) is 0.320. The number of carbonyl (C=O) groups excluding carboxylic acids is 2. The first kappa shape index (κ1) is 23.6. The maximum atomic E-state index is 12.8. The van der Waals surface area contributed by atoms with E-state index in [1.54, 1.807) is 0 Å². The lowest BCUT2D eigenvalue weighted by Crippen LogP contribution is -2.16. The van der Waals surface area contributed by atoms with Gasteiger partial charge in [-0.1, -0.05) is 18.7 Å². The molecule has 0 bridgehead atoms. The van der Waals surface area contributed by atoms with Gasteiger partial charge >= 0.3 is 5.97 Å². The number of aryl methyl sites for hydroxylation is 2. The van der Waals surface area contributed by atoms with Gasteiger partial charge in [-0.25, -0.2) is 4.79 Å². The van der Waals surface area contributed by atoms with Gasteiger partial charge in [0, 0.05) is 27.2 Å². The molecule has 0 spiro atoms. The van der Waals surface area contributed by atoms with Crippen LogP contribution in [0.15, 0.2) is 10.5 Å². The highest BCUT2D eigenvalue weighted by molar-refractivity contribution is 7.99. The van der Waals surface area contributed by atoms with E-state index >= 15 is 0 Å². The highest BCUT2D eigenvalue weighted by atomic mass is 32.2. The minimum absolute atomic E-state index is 0.157. The van der Waals surface area contributed by atoms with E-state index in [4.69, 9.17) is 4.74 Å². The number of thioether (sulfide) groups is 1. The van der Waals surface area contributed by atoms with Crippen LogP contribution in [0, 0.1) is 0 Å². The third-order valence-electron chi connectivity index (χ3n) is 6.36. The van der Waals surface area contributed by atoms with E-state index in [2.05, 4.69) is 32.4 Å². The maximum Gasteiger partial charge on any atom is 0.341 e. The summed E-state index contributed by atoms with van der Waals surface area (Å²) >= 11 is 4.71. The van der Waals surface area contributed by atoms with Crippen molar-refractivity contribution in [3.8, 4) is 11.4 Å². The van der Waals surface area contributed by atoms with Gasteiger partial charge in [0.15, 0.2) is 11.0 Å². The van der Waals surface area contributed by atoms with Crippen molar-refractivity contribution in [3.63, 3.8) is 0 Å². The second-order valence-corrected chi connectivity index (χ2v) is 11.6. The molecule has 34 heavy (non-hydrogen) atoms. The average molecular weight is 517 g/mol. The van der Waals surface area contributed by atoms with E-state index in [-0.39, 0.29) is 17.6 Å². The monoisotopic (exact) mass is 516 g/mol. The van der Waals surface area contributed by atoms with Crippen molar-refractivity contribution in [2.24, 2.45) is 0 Å². The zero-order chi connectivity index (χ0) is 23.7. The number of esters is 1. The van der Waals surface area contributed by atoms with Crippen LogP contribution in [0.1, 0.15) is 63.8 Å². The van der Waals surface area contributed by atoms with Gasteiger partial charge < -0.3 is 14.6 Å². The molecule has 0 aliphatic heterocycles. The fraction of sp³-hybridized carbons (Fsp3) is 0.500. The van der Waals surface area contributed by atoms with Crippen LogP contribution < -0.4 is 5.32 Å². The standard InChI is InChI=1S/C24H28N4O3S3/c1-3-11-28-21(16-12-32-17-9-5-4-7-14(16)17)26-27-24(28)33-13-19(29)25-22-20(23(30)31-2)15-8-6-10-18(15)34-22/h12H,3-11,13H2,1-2H3,(H,25,29). The Balaban J connectivity index is 1.32. The summed E-state index contributed by atoms with van der Waals surface area (Å²) in [4.78, 5) is 27.8. The number of aromatic nitrogens is 3. The van der Waals surface area contributed by atoms with Crippen LogP contribution in [0.4, 0.5) is 5.00 Å². The number of hydrogen-bond acceptors (Lipinski definition) is 8. The molecule has 0 unspecified atom stereocenters. The number of nitrogens with one attached hydrogen (secondary N) is 1. The smallest absolute Gasteiger partial charge is 0.341 e. The molecular weight excluding hydrogens is 488 g/mol. The Morgan fingerprint density at radius 3 is 2.74 bits per heavy atom. The Labute approximate surface area is 211 Å². The molecule has 0 saturated heterocycles. The first-order valence-electron chi connectivity index (χ1n) is 11.8. The van der Waals surface area contributed by atoms with Gasteiger partial charge in [0.25, 0.3) is 0 Å². The van der Waals surface area contributed by atoms with Crippen molar-refractivity contribution < 1.29 is 14.3 Å². The molecule has 3 heterocycles. The fourth-order valence-corrected chi connectivity index (χ4v) is 7.99. The SMILES string of the molecule is CCCn1c(SCC(=O)Nc2sc3c(c2C(=O)OC)CCC3)nnc1-c1csc2c1CCCC2. The highest BCUT2D eigenvalue weighted by Crippen LogP contribution is 2.40. The van der Waals surface area contributed by atoms with Crippen LogP contribution in [-0.2, 0) is 41.8 Å². The lowest BCUT2D eigenvalue weighted by atomic mass is 9.95. The summed E-state index contributed by atoms with van der Waals surface area (Å²) in [7, 11) is 1.38. The molecule has 0 fully saturated rings. The first-order valence-corrected chi connectivity index (χ1v) is 14.5. The molecule has 2 aliphatic carbocycles. The molecule has 10 heteroatoms. The molecule has 180 valence electrons. The van der Waals surface area contributed by atoms with Crippen LogP contribution in [0.5, 0.6) is 0 Å². The molecule has 0 atom stereocenters. The molecule has 5 rings (SSSR count). The number of methoxy groups -OCH3 is 1. The topological polar surface area (TPSA) is 86.1 Å². The van der Waals surface area contributed by atoms with Crippen LogP contribution >= 0.6 is 34.4 Å². The van der Waals surface area contributed by atoms with Gasteiger partial charge in [-0.2, -0.15) is 0 Å². The molecular formula is C24H28N4O3S3. The molecule has 3 aromatic heterocycles. The predicted molar refractivity (Wildman–Crippen MR) is 137 cm³/mol. The Morgan fingerprint density at radius 2 is 1.91 bits per heavy atom. The van der Waals surface area contributed by atoms with E-state index in [9.17, 15) is 9.59 Å². The number of fused-ring (bicyclic) bond motifs is 2. The minimum atomic E-state index is -0.381. The summed E-state index contributed by atoms with van der Waals surface area (Å²) in [5.74, 6) is 0.573. The zero-order valence-corrected chi connectivity index (χ0v) is 21.9. The Kier molecular flexibility index (Phi) is 7.08. The number of rotatable bonds is 8. The number of ether oxygens (including phenoxy) is 1. The highest BCUT2D eigenvalue weighted by Gasteiger charge is 2.28. The van der Waals surface area contributed by atoms with Gasteiger partial charge in [0.05, 0.1) is 18.4 Å². The lowest BCUT2D eigenvalue weighted by Gasteiger charge is -2.13. The van der Waals surface area contributed by atoms with Crippen LogP contribution in [0.25, 0.3) is 11.4 Å². The van der Waals surface area contributed by atoms with E-state index in [1.807, 2.05) is 11.3 Å². The van der Waals surface area contributed by atoms with E-state index in [0.717, 1.165) is 61.6 Å². The number of nitrogens with zero attached hydrogens (tertiary/aromatic N) is 3. The van der Waals surface area contributed by atoms with Gasteiger partial charge in [0.1, 0.15) is 5.00 Å². The van der Waals surface area contributed by atoms with Crippen LogP contribution in [0.3, 0.4) is 0 Å². The van der Waals surface area contributed by atoms with Gasteiger partial charge in [-0.15, -0.1) is 32.9 Å². The molecule has 1 N–H and O–H groups in total. The Bertz CT molecular complexity index is 1230. The number of thiophene rings is 2. The minimum Gasteiger partial charge on any atom is -0.465 e. The summed E-state index contributed by atoms with van der Waals surface area (Å²) < 4.78 is 7.13. The molecule has 1 amide bonds. The maximum absolute atomic E-state index is 12.8. The van der Waals surface area contributed by atoms with E-state index in [0.29, 0.717) is 10.6 Å². The molecule has 2 aliphatic rings. The van der Waals surface area contributed by atoms with E-state index in [1.165, 1.54) is 63.9 Å². The second-order valence-electron chi connectivity index (χ2n) is 8.61. The van der Waals surface area contributed by atoms with Crippen molar-refractivity contribution in [1.29, 1.82) is 0 Å². The Morgan fingerprint density at radius 1 is 1.12 bits per heavy atom. The number of anilines is 1. The normalized spacial score (nSPS) is 14.6. The fourth-order valence-electron chi connectivity index (χ4n) is 4.80. The molecule has 3 aromatic rings. The summed E-state index contributed by atoms with van der Waals surface area (Å²) in [6, 6.07) is 0. The first-order chi connectivity index (χ1) is 16.6. The lowest BCUT2D eigenvalue weighted by molar-refractivity contribution is -0.113. The average Bonchev–Trinajstić information content (AvgIpc) is 3.61. The predicted octanol–water partition coefficient (Wildman–Crippen LogP) is 5.36. The van der Waals surface area contributed by atoms with Crippen molar-refractivity contribution in [2.45, 2.75) is 70.0 Å². The Hall–Kier alpha value is -2.17. The second kappa shape index (κ2) is 10.2. The number of amides is 1. The third kappa shape index (κ3) is 4.43. The number of hydrogen-bond donors (Lipinski definition) is 1.